The number of methoxy groups -OCH3 is 1. The summed E-state index contributed by atoms with van der Waals surface area (Å²) in [6, 6.07) is 14.5. The Morgan fingerprint density at radius 2 is 1.93 bits per heavy atom. The van der Waals surface area contributed by atoms with Crippen LogP contribution in [0.3, 0.4) is 0 Å². The number of aromatic nitrogens is 1. The highest BCUT2D eigenvalue weighted by molar-refractivity contribution is 5.92. The maximum absolute atomic E-state index is 14.2. The quantitative estimate of drug-likeness (QED) is 0.472. The highest BCUT2D eigenvalue weighted by Crippen LogP contribution is 2.24. The van der Waals surface area contributed by atoms with Crippen molar-refractivity contribution in [2.24, 2.45) is 0 Å². The van der Waals surface area contributed by atoms with E-state index in [0.29, 0.717) is 16.9 Å². The summed E-state index contributed by atoms with van der Waals surface area (Å²) in [5.41, 5.74) is 1.77. The summed E-state index contributed by atoms with van der Waals surface area (Å²) in [6.07, 6.45) is 6.06. The fourth-order valence-corrected chi connectivity index (χ4v) is 2.54. The van der Waals surface area contributed by atoms with Crippen LogP contribution < -0.4 is 10.1 Å². The smallest absolute Gasteiger partial charge is 0.337 e. The second-order valence-corrected chi connectivity index (χ2v) is 6.22. The molecule has 0 aliphatic heterocycles. The van der Waals surface area contributed by atoms with E-state index in [-0.39, 0.29) is 18.2 Å². The molecule has 0 aliphatic rings. The van der Waals surface area contributed by atoms with Crippen LogP contribution in [0.4, 0.5) is 4.39 Å². The maximum Gasteiger partial charge on any atom is 0.337 e. The lowest BCUT2D eigenvalue weighted by atomic mass is 10.1. The Morgan fingerprint density at radius 1 is 1.13 bits per heavy atom. The lowest BCUT2D eigenvalue weighted by Crippen LogP contribution is -2.20. The molecule has 2 aromatic carbocycles. The zero-order valence-electron chi connectivity index (χ0n) is 16.2. The molecule has 1 aromatic heterocycles. The molecule has 1 amide bonds. The van der Waals surface area contributed by atoms with E-state index in [1.165, 1.54) is 31.5 Å². The number of halogens is 1. The van der Waals surface area contributed by atoms with Crippen molar-refractivity contribution in [3.63, 3.8) is 0 Å². The summed E-state index contributed by atoms with van der Waals surface area (Å²) in [5, 5.41) is 2.69. The Labute approximate surface area is 173 Å². The second-order valence-electron chi connectivity index (χ2n) is 6.22. The van der Waals surface area contributed by atoms with Crippen LogP contribution in [0.1, 0.15) is 21.5 Å². The number of ether oxygens (including phenoxy) is 2. The molecule has 0 saturated carbocycles. The van der Waals surface area contributed by atoms with Gasteiger partial charge in [-0.15, -0.1) is 0 Å². The van der Waals surface area contributed by atoms with Gasteiger partial charge in [-0.05, 0) is 53.6 Å². The van der Waals surface area contributed by atoms with Crippen molar-refractivity contribution in [1.29, 1.82) is 0 Å². The Kier molecular flexibility index (Phi) is 6.89. The fraction of sp³-hybridized carbons (Fsp3) is 0.0870. The van der Waals surface area contributed by atoms with Crippen LogP contribution in [0.25, 0.3) is 6.08 Å². The SMILES string of the molecule is COC(=O)c1ccc(C=CC(=O)NCc2ccc(Oc3cccnc3)c(F)c2)cc1. The zero-order chi connectivity index (χ0) is 21.3. The predicted octanol–water partition coefficient (Wildman–Crippen LogP) is 4.13. The molecule has 0 aliphatic carbocycles. The first kappa shape index (κ1) is 20.7. The van der Waals surface area contributed by atoms with E-state index in [1.807, 2.05) is 0 Å². The molecular weight excluding hydrogens is 387 g/mol. The summed E-state index contributed by atoms with van der Waals surface area (Å²) in [7, 11) is 1.31. The number of hydrogen-bond acceptors (Lipinski definition) is 5. The van der Waals surface area contributed by atoms with Gasteiger partial charge in [0.1, 0.15) is 5.75 Å². The molecule has 152 valence electrons. The van der Waals surface area contributed by atoms with Gasteiger partial charge in [0.2, 0.25) is 5.91 Å². The molecule has 0 spiro atoms. The van der Waals surface area contributed by atoms with Gasteiger partial charge in [0, 0.05) is 18.8 Å². The molecule has 0 radical (unpaired) electrons. The number of amides is 1. The zero-order valence-corrected chi connectivity index (χ0v) is 16.2. The molecule has 0 fully saturated rings. The molecule has 7 heteroatoms. The van der Waals surface area contributed by atoms with Gasteiger partial charge in [-0.25, -0.2) is 9.18 Å². The summed E-state index contributed by atoms with van der Waals surface area (Å²) in [5.74, 6) is -0.780. The van der Waals surface area contributed by atoms with Gasteiger partial charge in [0.25, 0.3) is 0 Å². The number of benzene rings is 2. The van der Waals surface area contributed by atoms with Crippen LogP contribution in [0.15, 0.2) is 73.1 Å². The Hall–Kier alpha value is -4.00. The van der Waals surface area contributed by atoms with Gasteiger partial charge in [0.05, 0.1) is 18.9 Å². The Balaban J connectivity index is 1.53. The number of nitrogens with one attached hydrogen (secondary N) is 1. The molecule has 30 heavy (non-hydrogen) atoms. The molecule has 0 saturated heterocycles. The Morgan fingerprint density at radius 3 is 2.60 bits per heavy atom. The number of hydrogen-bond donors (Lipinski definition) is 1. The highest BCUT2D eigenvalue weighted by atomic mass is 19.1. The van der Waals surface area contributed by atoms with Crippen molar-refractivity contribution in [3.05, 3.63) is 95.6 Å². The van der Waals surface area contributed by atoms with Gasteiger partial charge < -0.3 is 14.8 Å². The fourth-order valence-electron chi connectivity index (χ4n) is 2.54. The summed E-state index contributed by atoms with van der Waals surface area (Å²) < 4.78 is 24.3. The van der Waals surface area contributed by atoms with Crippen LogP contribution in [-0.4, -0.2) is 24.0 Å². The van der Waals surface area contributed by atoms with Crippen LogP contribution in [0.5, 0.6) is 11.5 Å². The van der Waals surface area contributed by atoms with Crippen molar-refractivity contribution < 1.29 is 23.5 Å². The molecule has 1 heterocycles. The van der Waals surface area contributed by atoms with Crippen LogP contribution in [0, 0.1) is 5.82 Å². The van der Waals surface area contributed by atoms with Crippen molar-refractivity contribution in [2.75, 3.05) is 7.11 Å². The first-order valence-electron chi connectivity index (χ1n) is 9.06. The average molecular weight is 406 g/mol. The summed E-state index contributed by atoms with van der Waals surface area (Å²) in [4.78, 5) is 27.3. The van der Waals surface area contributed by atoms with Crippen LogP contribution in [0.2, 0.25) is 0 Å². The van der Waals surface area contributed by atoms with Gasteiger partial charge in [0.15, 0.2) is 11.6 Å². The maximum atomic E-state index is 14.2. The third-order valence-corrected chi connectivity index (χ3v) is 4.08. The Bertz CT molecular complexity index is 1050. The number of pyridine rings is 1. The summed E-state index contributed by atoms with van der Waals surface area (Å²) in [6.45, 7) is 0.161. The third-order valence-electron chi connectivity index (χ3n) is 4.08. The largest absolute Gasteiger partial charge is 0.465 e. The molecular formula is C23H19FN2O4. The molecule has 0 unspecified atom stereocenters. The van der Waals surface area contributed by atoms with E-state index in [1.54, 1.807) is 54.7 Å². The number of nitrogens with zero attached hydrogens (tertiary/aromatic N) is 1. The van der Waals surface area contributed by atoms with Crippen molar-refractivity contribution in [2.45, 2.75) is 6.54 Å². The van der Waals surface area contributed by atoms with E-state index in [2.05, 4.69) is 15.0 Å². The minimum absolute atomic E-state index is 0.0772. The van der Waals surface area contributed by atoms with Gasteiger partial charge in [-0.3, -0.25) is 9.78 Å². The van der Waals surface area contributed by atoms with Crippen LogP contribution in [-0.2, 0) is 16.1 Å². The lowest BCUT2D eigenvalue weighted by molar-refractivity contribution is -0.116. The van der Waals surface area contributed by atoms with Crippen molar-refractivity contribution in [1.82, 2.24) is 10.3 Å². The van der Waals surface area contributed by atoms with E-state index >= 15 is 0 Å². The van der Waals surface area contributed by atoms with E-state index in [9.17, 15) is 14.0 Å². The van der Waals surface area contributed by atoms with Crippen LogP contribution >= 0.6 is 0 Å². The first-order chi connectivity index (χ1) is 14.5. The topological polar surface area (TPSA) is 77.5 Å². The van der Waals surface area contributed by atoms with Gasteiger partial charge >= 0.3 is 5.97 Å². The lowest BCUT2D eigenvalue weighted by Gasteiger charge is -2.08. The summed E-state index contributed by atoms with van der Waals surface area (Å²) >= 11 is 0. The van der Waals surface area contributed by atoms with E-state index < -0.39 is 11.8 Å². The normalized spacial score (nSPS) is 10.6. The molecule has 6 nitrogen and oxygen atoms in total. The molecule has 3 rings (SSSR count). The number of carbonyl (C=O) groups excluding carboxylic acids is 2. The van der Waals surface area contributed by atoms with Gasteiger partial charge in [-0.2, -0.15) is 0 Å². The van der Waals surface area contributed by atoms with Crippen molar-refractivity contribution >= 4 is 18.0 Å². The third kappa shape index (κ3) is 5.75. The minimum atomic E-state index is -0.535. The predicted molar refractivity (Wildman–Crippen MR) is 109 cm³/mol. The molecule has 1 N–H and O–H groups in total. The van der Waals surface area contributed by atoms with E-state index in [4.69, 9.17) is 4.74 Å². The molecule has 0 bridgehead atoms. The molecule has 0 atom stereocenters. The number of esters is 1. The monoisotopic (exact) mass is 406 g/mol. The molecule has 3 aromatic rings. The van der Waals surface area contributed by atoms with Gasteiger partial charge in [-0.1, -0.05) is 18.2 Å². The van der Waals surface area contributed by atoms with E-state index in [0.717, 1.165) is 5.56 Å². The number of rotatable bonds is 7. The average Bonchev–Trinajstić information content (AvgIpc) is 2.78. The number of carbonyl (C=O) groups is 2. The standard InChI is InChI=1S/C23H19FN2O4/c1-29-23(28)18-8-4-16(5-9-18)7-11-22(27)26-14-17-6-10-21(20(24)13-17)30-19-3-2-12-25-15-19/h2-13,15H,14H2,1H3,(H,26,27). The minimum Gasteiger partial charge on any atom is -0.465 e. The first-order valence-corrected chi connectivity index (χ1v) is 9.06. The van der Waals surface area contributed by atoms with Crippen molar-refractivity contribution in [3.8, 4) is 11.5 Å². The highest BCUT2D eigenvalue weighted by Gasteiger charge is 2.07. The second kappa shape index (κ2) is 9.97.